The number of ether oxygens (including phenoxy) is 1. The molecule has 0 radical (unpaired) electrons. The molecule has 0 bridgehead atoms. The van der Waals surface area contributed by atoms with Gasteiger partial charge in [-0.1, -0.05) is 52.3 Å². The Labute approximate surface area is 142 Å². The van der Waals surface area contributed by atoms with Gasteiger partial charge in [0.05, 0.1) is 10.9 Å². The summed E-state index contributed by atoms with van der Waals surface area (Å²) in [7, 11) is 0. The zero-order valence-electron chi connectivity index (χ0n) is 11.7. The molecule has 3 rings (SSSR count). The number of benzene rings is 2. The van der Waals surface area contributed by atoms with Crippen molar-refractivity contribution in [3.8, 4) is 0 Å². The van der Waals surface area contributed by atoms with E-state index < -0.39 is 0 Å². The van der Waals surface area contributed by atoms with Crippen molar-refractivity contribution in [2.45, 2.75) is 17.9 Å². The lowest BCUT2D eigenvalue weighted by Gasteiger charge is -2.34. The van der Waals surface area contributed by atoms with E-state index in [0.717, 1.165) is 22.0 Å². The van der Waals surface area contributed by atoms with E-state index in [-0.39, 0.29) is 17.5 Å². The van der Waals surface area contributed by atoms with Crippen molar-refractivity contribution in [1.82, 2.24) is 0 Å². The highest BCUT2D eigenvalue weighted by Gasteiger charge is 2.37. The summed E-state index contributed by atoms with van der Waals surface area (Å²) in [6.07, 6.45) is 2.43. The lowest BCUT2D eigenvalue weighted by atomic mass is 9.86. The summed E-state index contributed by atoms with van der Waals surface area (Å²) in [5.41, 5.74) is 2.66. The molecular weight excluding hydrogens is 364 g/mol. The van der Waals surface area contributed by atoms with E-state index in [9.17, 15) is 4.79 Å². The molecule has 1 saturated carbocycles. The largest absolute Gasteiger partial charge is 0.453 e. The summed E-state index contributed by atoms with van der Waals surface area (Å²) in [5, 5.41) is -0.158. The molecule has 0 aromatic heterocycles. The number of halogens is 2. The third-order valence-corrected chi connectivity index (χ3v) is 4.50. The quantitative estimate of drug-likeness (QED) is 0.551. The van der Waals surface area contributed by atoms with E-state index in [4.69, 9.17) is 16.3 Å². The second-order valence-electron chi connectivity index (χ2n) is 5.18. The minimum Gasteiger partial charge on any atom is -0.453 e. The highest BCUT2D eigenvalue weighted by molar-refractivity contribution is 9.10. The molecule has 0 unspecified atom stereocenters. The summed E-state index contributed by atoms with van der Waals surface area (Å²) in [6, 6.07) is 16.9. The molecule has 0 heterocycles. The molecule has 0 saturated heterocycles. The third kappa shape index (κ3) is 3.42. The van der Waals surface area contributed by atoms with Gasteiger partial charge in [-0.2, -0.15) is 0 Å². The second kappa shape index (κ2) is 6.67. The predicted octanol–water partition coefficient (Wildman–Crippen LogP) is 5.07. The molecule has 0 spiro atoms. The van der Waals surface area contributed by atoms with Crippen LogP contribution in [0.5, 0.6) is 0 Å². The lowest BCUT2D eigenvalue weighted by molar-refractivity contribution is 0.0286. The predicted molar refractivity (Wildman–Crippen MR) is 92.0 cm³/mol. The maximum atomic E-state index is 12.1. The normalized spacial score (nSPS) is 22.2. The molecule has 0 aliphatic heterocycles. The highest BCUT2D eigenvalue weighted by Crippen LogP contribution is 2.36. The number of alkyl halides is 1. The van der Waals surface area contributed by atoms with Crippen molar-refractivity contribution in [3.05, 3.63) is 75.8 Å². The first-order valence-corrected chi connectivity index (χ1v) is 8.22. The Kier molecular flexibility index (Phi) is 4.65. The van der Waals surface area contributed by atoms with Crippen LogP contribution in [0.1, 0.15) is 22.3 Å². The van der Waals surface area contributed by atoms with Crippen LogP contribution in [0.3, 0.4) is 0 Å². The Bertz CT molecular complexity index is 695. The topological polar surface area (TPSA) is 26.3 Å². The molecule has 0 N–H and O–H groups in total. The number of carbonyl (C=O) groups is 1. The SMILES string of the molecule is O=C(O[C@H]1/C(=C/c2ccc(Br)cc2)C[C@@H]1Cl)c1ccccc1. The summed E-state index contributed by atoms with van der Waals surface area (Å²) < 4.78 is 6.58. The monoisotopic (exact) mass is 376 g/mol. The Morgan fingerprint density at radius 2 is 1.82 bits per heavy atom. The maximum absolute atomic E-state index is 12.1. The van der Waals surface area contributed by atoms with E-state index in [1.165, 1.54) is 0 Å². The fourth-order valence-electron chi connectivity index (χ4n) is 2.34. The van der Waals surface area contributed by atoms with E-state index in [2.05, 4.69) is 15.9 Å². The number of hydrogen-bond donors (Lipinski definition) is 0. The van der Waals surface area contributed by atoms with Crippen LogP contribution >= 0.6 is 27.5 Å². The van der Waals surface area contributed by atoms with Crippen LogP contribution in [0.15, 0.2) is 64.6 Å². The Hall–Kier alpha value is -1.58. The first-order valence-electron chi connectivity index (χ1n) is 6.99. The van der Waals surface area contributed by atoms with Crippen molar-refractivity contribution >= 4 is 39.6 Å². The van der Waals surface area contributed by atoms with E-state index >= 15 is 0 Å². The van der Waals surface area contributed by atoms with Gasteiger partial charge in [-0.15, -0.1) is 11.6 Å². The van der Waals surface area contributed by atoms with E-state index in [0.29, 0.717) is 5.56 Å². The van der Waals surface area contributed by atoms with Crippen LogP contribution in [0.25, 0.3) is 6.08 Å². The number of hydrogen-bond acceptors (Lipinski definition) is 2. The van der Waals surface area contributed by atoms with Crippen LogP contribution in [-0.2, 0) is 4.74 Å². The van der Waals surface area contributed by atoms with Crippen LogP contribution in [0.2, 0.25) is 0 Å². The molecule has 1 fully saturated rings. The van der Waals surface area contributed by atoms with Crippen LogP contribution in [0.4, 0.5) is 0 Å². The molecule has 2 nitrogen and oxygen atoms in total. The second-order valence-corrected chi connectivity index (χ2v) is 6.66. The number of rotatable bonds is 3. The fourth-order valence-corrected chi connectivity index (χ4v) is 3.00. The Morgan fingerprint density at radius 3 is 2.45 bits per heavy atom. The Morgan fingerprint density at radius 1 is 1.14 bits per heavy atom. The maximum Gasteiger partial charge on any atom is 0.338 e. The van der Waals surface area contributed by atoms with Gasteiger partial charge in [0.15, 0.2) is 0 Å². The van der Waals surface area contributed by atoms with E-state index in [1.54, 1.807) is 12.1 Å². The molecule has 22 heavy (non-hydrogen) atoms. The third-order valence-electron chi connectivity index (χ3n) is 3.59. The van der Waals surface area contributed by atoms with Crippen molar-refractivity contribution in [3.63, 3.8) is 0 Å². The van der Waals surface area contributed by atoms with Crippen LogP contribution < -0.4 is 0 Å². The number of carbonyl (C=O) groups excluding carboxylic acids is 1. The van der Waals surface area contributed by atoms with Crippen molar-refractivity contribution in [1.29, 1.82) is 0 Å². The van der Waals surface area contributed by atoms with Crippen molar-refractivity contribution in [2.75, 3.05) is 0 Å². The van der Waals surface area contributed by atoms with Gasteiger partial charge >= 0.3 is 5.97 Å². The molecule has 2 aromatic carbocycles. The van der Waals surface area contributed by atoms with E-state index in [1.807, 2.05) is 48.5 Å². The minimum atomic E-state index is -0.349. The zero-order chi connectivity index (χ0) is 15.5. The summed E-state index contributed by atoms with van der Waals surface area (Å²) in [5.74, 6) is -0.336. The van der Waals surface area contributed by atoms with Crippen LogP contribution in [0, 0.1) is 0 Å². The first kappa shape index (κ1) is 15.3. The average Bonchev–Trinajstić information content (AvgIpc) is 2.55. The van der Waals surface area contributed by atoms with Gasteiger partial charge in [-0.05, 0) is 41.8 Å². The minimum absolute atomic E-state index is 0.158. The zero-order valence-corrected chi connectivity index (χ0v) is 14.0. The van der Waals surface area contributed by atoms with Crippen molar-refractivity contribution < 1.29 is 9.53 Å². The van der Waals surface area contributed by atoms with Crippen molar-refractivity contribution in [2.24, 2.45) is 0 Å². The lowest BCUT2D eigenvalue weighted by Crippen LogP contribution is -2.39. The standard InChI is InChI=1S/C18H14BrClO2/c19-15-8-6-12(7-9-15)10-14-11-16(20)17(14)22-18(21)13-4-2-1-3-5-13/h1-10,16-17H,11H2/b14-10+/t16-,17-/m0/s1. The highest BCUT2D eigenvalue weighted by atomic mass is 79.9. The molecule has 0 amide bonds. The van der Waals surface area contributed by atoms with Gasteiger partial charge in [-0.3, -0.25) is 0 Å². The van der Waals surface area contributed by atoms with Gasteiger partial charge < -0.3 is 4.74 Å². The summed E-state index contributed by atoms with van der Waals surface area (Å²) in [6.45, 7) is 0. The van der Waals surface area contributed by atoms with Gasteiger partial charge in [0.1, 0.15) is 6.10 Å². The van der Waals surface area contributed by atoms with Gasteiger partial charge in [0.25, 0.3) is 0 Å². The summed E-state index contributed by atoms with van der Waals surface area (Å²) >= 11 is 9.62. The molecular formula is C18H14BrClO2. The molecule has 112 valence electrons. The molecule has 4 heteroatoms. The van der Waals surface area contributed by atoms with Gasteiger partial charge in [0, 0.05) is 4.47 Å². The number of esters is 1. The Balaban J connectivity index is 1.72. The first-order chi connectivity index (χ1) is 10.6. The van der Waals surface area contributed by atoms with Gasteiger partial charge in [-0.25, -0.2) is 4.79 Å². The molecule has 1 aliphatic rings. The van der Waals surface area contributed by atoms with Gasteiger partial charge in [0.2, 0.25) is 0 Å². The molecule has 1 aliphatic carbocycles. The molecule has 2 atom stereocenters. The smallest absolute Gasteiger partial charge is 0.338 e. The average molecular weight is 378 g/mol. The molecule has 2 aromatic rings. The fraction of sp³-hybridized carbons (Fsp3) is 0.167. The van der Waals surface area contributed by atoms with Crippen LogP contribution in [-0.4, -0.2) is 17.5 Å². The summed E-state index contributed by atoms with van der Waals surface area (Å²) in [4.78, 5) is 12.1.